The van der Waals surface area contributed by atoms with Gasteiger partial charge in [0.25, 0.3) is 5.91 Å². The number of rotatable bonds is 4. The zero-order valence-corrected chi connectivity index (χ0v) is 15.4. The molecular formula is C21H20N4O3. The molecule has 1 amide bonds. The number of hydrogen-bond acceptors (Lipinski definition) is 4. The zero-order chi connectivity index (χ0) is 19.7. The Labute approximate surface area is 161 Å². The van der Waals surface area contributed by atoms with Crippen LogP contribution in [-0.2, 0) is 0 Å². The van der Waals surface area contributed by atoms with Gasteiger partial charge < -0.3 is 10.4 Å². The first-order valence-corrected chi connectivity index (χ1v) is 9.06. The summed E-state index contributed by atoms with van der Waals surface area (Å²) < 4.78 is 1.13. The van der Waals surface area contributed by atoms with Gasteiger partial charge in [-0.2, -0.15) is 4.52 Å². The lowest BCUT2D eigenvalue weighted by atomic mass is 9.99. The highest BCUT2D eigenvalue weighted by atomic mass is 16.3. The van der Waals surface area contributed by atoms with Gasteiger partial charge in [-0.25, -0.2) is 4.98 Å². The number of H-pyrrole nitrogens is 1. The number of aromatic amines is 1. The Bertz CT molecular complexity index is 1170. The number of nitrogens with one attached hydrogen (secondary N) is 2. The van der Waals surface area contributed by atoms with Crippen molar-refractivity contribution in [1.82, 2.24) is 19.9 Å². The molecule has 0 spiro atoms. The molecule has 0 radical (unpaired) electrons. The molecule has 3 N–H and O–H groups in total. The van der Waals surface area contributed by atoms with Crippen molar-refractivity contribution < 1.29 is 9.90 Å². The molecule has 3 aromatic rings. The molecule has 2 aromatic heterocycles. The van der Waals surface area contributed by atoms with Crippen molar-refractivity contribution in [2.75, 3.05) is 6.54 Å². The van der Waals surface area contributed by atoms with Crippen LogP contribution in [0.5, 0.6) is 5.75 Å². The average molecular weight is 376 g/mol. The molecule has 2 heterocycles. The van der Waals surface area contributed by atoms with Crippen LogP contribution in [0.1, 0.15) is 30.3 Å². The molecule has 0 bridgehead atoms. The van der Waals surface area contributed by atoms with Crippen molar-refractivity contribution in [1.29, 1.82) is 0 Å². The number of carbonyl (C=O) groups is 1. The lowest BCUT2D eigenvalue weighted by Crippen LogP contribution is -2.29. The van der Waals surface area contributed by atoms with Gasteiger partial charge in [-0.15, -0.1) is 0 Å². The molecule has 1 aromatic carbocycles. The maximum absolute atomic E-state index is 12.5. The largest absolute Gasteiger partial charge is 0.501 e. The number of amides is 1. The molecular weight excluding hydrogens is 356 g/mol. The smallest absolute Gasteiger partial charge is 0.315 e. The lowest BCUT2D eigenvalue weighted by Gasteiger charge is -2.13. The van der Waals surface area contributed by atoms with Gasteiger partial charge in [-0.05, 0) is 25.3 Å². The first kappa shape index (κ1) is 17.8. The van der Waals surface area contributed by atoms with Crippen LogP contribution in [0.2, 0.25) is 0 Å². The number of hydrogen-bond donors (Lipinski definition) is 3. The fraction of sp³-hybridized carbons (Fsp3) is 0.190. The van der Waals surface area contributed by atoms with Crippen LogP contribution >= 0.6 is 0 Å². The fourth-order valence-electron chi connectivity index (χ4n) is 3.15. The number of allylic oxidation sites excluding steroid dienone is 3. The summed E-state index contributed by atoms with van der Waals surface area (Å²) in [6.45, 7) is 2.42. The third-order valence-electron chi connectivity index (χ3n) is 4.81. The van der Waals surface area contributed by atoms with E-state index in [0.29, 0.717) is 12.2 Å². The van der Waals surface area contributed by atoms with Gasteiger partial charge in [0, 0.05) is 12.6 Å². The summed E-state index contributed by atoms with van der Waals surface area (Å²) in [6, 6.07) is 11.1. The van der Waals surface area contributed by atoms with Crippen molar-refractivity contribution >= 4 is 11.6 Å². The Kier molecular flexibility index (Phi) is 4.57. The Morgan fingerprint density at radius 3 is 2.75 bits per heavy atom. The Hall–Kier alpha value is -3.61. The number of aromatic hydroxyl groups is 1. The topological polar surface area (TPSA) is 99.5 Å². The van der Waals surface area contributed by atoms with Gasteiger partial charge in [0.05, 0.1) is 5.69 Å². The molecule has 1 aliphatic rings. The molecule has 0 atom stereocenters. The van der Waals surface area contributed by atoms with E-state index in [4.69, 9.17) is 0 Å². The number of carbonyl (C=O) groups excluding carboxylic acids is 1. The van der Waals surface area contributed by atoms with E-state index < -0.39 is 17.2 Å². The molecule has 0 aliphatic heterocycles. The molecule has 0 saturated heterocycles. The van der Waals surface area contributed by atoms with Crippen molar-refractivity contribution in [2.45, 2.75) is 19.8 Å². The van der Waals surface area contributed by atoms with E-state index in [2.05, 4.69) is 22.3 Å². The maximum atomic E-state index is 12.5. The number of benzene rings is 1. The Morgan fingerprint density at radius 1 is 1.25 bits per heavy atom. The summed E-state index contributed by atoms with van der Waals surface area (Å²) in [5.74, 6) is -1.25. The highest BCUT2D eigenvalue weighted by Gasteiger charge is 2.20. The van der Waals surface area contributed by atoms with Crippen LogP contribution in [-0.4, -0.2) is 32.2 Å². The number of aromatic nitrogens is 3. The molecule has 0 fully saturated rings. The summed E-state index contributed by atoms with van der Waals surface area (Å²) in [5, 5.41) is 15.9. The second-order valence-corrected chi connectivity index (χ2v) is 6.86. The second kappa shape index (κ2) is 7.19. The zero-order valence-electron chi connectivity index (χ0n) is 15.4. The minimum atomic E-state index is -0.715. The minimum Gasteiger partial charge on any atom is -0.501 e. The van der Waals surface area contributed by atoms with Crippen LogP contribution in [0.25, 0.3) is 16.9 Å². The van der Waals surface area contributed by atoms with E-state index in [9.17, 15) is 14.7 Å². The van der Waals surface area contributed by atoms with Crippen LogP contribution in [0.4, 0.5) is 0 Å². The highest BCUT2D eigenvalue weighted by molar-refractivity contribution is 5.95. The van der Waals surface area contributed by atoms with E-state index in [1.807, 2.05) is 42.5 Å². The summed E-state index contributed by atoms with van der Waals surface area (Å²) in [4.78, 5) is 29.2. The van der Waals surface area contributed by atoms with Crippen molar-refractivity contribution in [3.8, 4) is 17.0 Å². The molecule has 4 rings (SSSR count). The van der Waals surface area contributed by atoms with Crippen LogP contribution in [0.3, 0.4) is 0 Å². The van der Waals surface area contributed by atoms with Crippen LogP contribution in [0.15, 0.2) is 64.5 Å². The normalized spacial score (nSPS) is 13.9. The van der Waals surface area contributed by atoms with Crippen molar-refractivity contribution in [3.05, 3.63) is 75.7 Å². The van der Waals surface area contributed by atoms with E-state index >= 15 is 0 Å². The lowest BCUT2D eigenvalue weighted by molar-refractivity contribution is 0.0948. The summed E-state index contributed by atoms with van der Waals surface area (Å²) in [7, 11) is 0. The molecule has 0 unspecified atom stereocenters. The second-order valence-electron chi connectivity index (χ2n) is 6.86. The molecule has 7 heteroatoms. The van der Waals surface area contributed by atoms with E-state index in [1.54, 1.807) is 6.07 Å². The molecule has 1 aliphatic carbocycles. The third kappa shape index (κ3) is 3.34. The van der Waals surface area contributed by atoms with Crippen LogP contribution in [0, 0.1) is 0 Å². The standard InChI is InChI=1S/C21H20N4O3/c1-13-7-9-14(10-8-13)12-22-20(27)18-19(26)21(28)25-17(23-18)11-16(24-25)15-5-3-2-4-6-15/h2-7,9,11,24,26H,8,10,12H2,1H3,(H,22,27). The predicted molar refractivity (Wildman–Crippen MR) is 106 cm³/mol. The predicted octanol–water partition coefficient (Wildman–Crippen LogP) is 2.79. The minimum absolute atomic E-state index is 0.266. The van der Waals surface area contributed by atoms with Gasteiger partial charge in [0.1, 0.15) is 0 Å². The summed E-state index contributed by atoms with van der Waals surface area (Å²) in [5.41, 5.74) is 3.20. The highest BCUT2D eigenvalue weighted by Crippen LogP contribution is 2.20. The summed E-state index contributed by atoms with van der Waals surface area (Å²) >= 11 is 0. The van der Waals surface area contributed by atoms with Gasteiger partial charge in [0.15, 0.2) is 11.3 Å². The van der Waals surface area contributed by atoms with Crippen LogP contribution < -0.4 is 10.9 Å². The fourth-order valence-corrected chi connectivity index (χ4v) is 3.15. The number of nitrogens with zero attached hydrogens (tertiary/aromatic N) is 2. The first-order valence-electron chi connectivity index (χ1n) is 9.06. The first-order chi connectivity index (χ1) is 13.5. The molecule has 0 saturated carbocycles. The Balaban J connectivity index is 1.63. The SMILES string of the molecule is CC1=CC=C(CNC(=O)c2nc3cc(-c4ccccc4)[nH]n3c(=O)c2O)CC1. The van der Waals surface area contributed by atoms with Gasteiger partial charge in [-0.3, -0.25) is 14.7 Å². The molecule has 142 valence electrons. The van der Waals surface area contributed by atoms with Gasteiger partial charge in [-0.1, -0.05) is 53.6 Å². The van der Waals surface area contributed by atoms with Crippen molar-refractivity contribution in [3.63, 3.8) is 0 Å². The monoisotopic (exact) mass is 376 g/mol. The van der Waals surface area contributed by atoms with Gasteiger partial charge >= 0.3 is 5.56 Å². The third-order valence-corrected chi connectivity index (χ3v) is 4.81. The maximum Gasteiger partial charge on any atom is 0.315 e. The van der Waals surface area contributed by atoms with E-state index in [0.717, 1.165) is 28.5 Å². The van der Waals surface area contributed by atoms with E-state index in [1.165, 1.54) is 5.57 Å². The molecule has 7 nitrogen and oxygen atoms in total. The van der Waals surface area contributed by atoms with Gasteiger partial charge in [0.2, 0.25) is 5.75 Å². The summed E-state index contributed by atoms with van der Waals surface area (Å²) in [6.07, 6.45) is 5.86. The van der Waals surface area contributed by atoms with E-state index in [-0.39, 0.29) is 11.3 Å². The average Bonchev–Trinajstić information content (AvgIpc) is 3.15. The quantitative estimate of drug-likeness (QED) is 0.652. The number of fused-ring (bicyclic) bond motifs is 1. The Morgan fingerprint density at radius 2 is 2.04 bits per heavy atom. The molecule has 28 heavy (non-hydrogen) atoms. The van der Waals surface area contributed by atoms with Crippen molar-refractivity contribution in [2.24, 2.45) is 0 Å².